The van der Waals surface area contributed by atoms with E-state index in [9.17, 15) is 4.79 Å². The first-order valence-corrected chi connectivity index (χ1v) is 8.46. The largest absolute Gasteiger partial charge is 0.352 e. The van der Waals surface area contributed by atoms with Crippen molar-refractivity contribution in [2.75, 3.05) is 31.1 Å². The Balaban J connectivity index is 1.56. The fourth-order valence-electron chi connectivity index (χ4n) is 2.99. The third-order valence-electron chi connectivity index (χ3n) is 4.39. The summed E-state index contributed by atoms with van der Waals surface area (Å²) in [6, 6.07) is 6.05. The van der Waals surface area contributed by atoms with E-state index in [1.54, 1.807) is 6.33 Å². The third-order valence-corrected chi connectivity index (χ3v) is 4.89. The Morgan fingerprint density at radius 3 is 2.64 bits per heavy atom. The zero-order chi connectivity index (χ0) is 15.1. The summed E-state index contributed by atoms with van der Waals surface area (Å²) in [5.74, 6) is 1.61. The van der Waals surface area contributed by atoms with Crippen LogP contribution >= 0.6 is 15.9 Å². The molecule has 22 heavy (non-hydrogen) atoms. The van der Waals surface area contributed by atoms with Gasteiger partial charge in [0, 0.05) is 42.0 Å². The molecule has 0 N–H and O–H groups in total. The number of amides is 1. The average molecular weight is 361 g/mol. The van der Waals surface area contributed by atoms with Crippen LogP contribution in [0.3, 0.4) is 0 Å². The van der Waals surface area contributed by atoms with Crippen LogP contribution in [0.2, 0.25) is 0 Å². The molecule has 0 bridgehead atoms. The van der Waals surface area contributed by atoms with E-state index in [0.717, 1.165) is 60.2 Å². The maximum absolute atomic E-state index is 12.1. The van der Waals surface area contributed by atoms with Crippen molar-refractivity contribution < 1.29 is 4.79 Å². The Bertz CT molecular complexity index is 723. The zero-order valence-electron chi connectivity index (χ0n) is 12.2. The van der Waals surface area contributed by atoms with Gasteiger partial charge in [0.1, 0.15) is 12.1 Å². The topological polar surface area (TPSA) is 49.3 Å². The normalized spacial score (nSPS) is 18.8. The number of piperazine rings is 1. The molecule has 1 amide bonds. The lowest BCUT2D eigenvalue weighted by Crippen LogP contribution is -2.49. The standard InChI is InChI=1S/C16H17BrN4O/c17-12-3-4-14-13(9-12)15(19-10-18-14)20-5-7-21(8-6-20)16(22)11-1-2-11/h3-4,9-11H,1-2,5-8H2. The summed E-state index contributed by atoms with van der Waals surface area (Å²) in [4.78, 5) is 25.2. The number of carbonyl (C=O) groups excluding carboxylic acids is 1. The van der Waals surface area contributed by atoms with Crippen LogP contribution in [-0.4, -0.2) is 47.0 Å². The second kappa shape index (κ2) is 5.50. The van der Waals surface area contributed by atoms with Crippen LogP contribution in [0.15, 0.2) is 29.0 Å². The molecule has 1 aliphatic carbocycles. The van der Waals surface area contributed by atoms with Gasteiger partial charge in [-0.3, -0.25) is 4.79 Å². The number of nitrogens with zero attached hydrogens (tertiary/aromatic N) is 4. The number of halogens is 1. The number of anilines is 1. The first-order valence-electron chi connectivity index (χ1n) is 7.66. The number of fused-ring (bicyclic) bond motifs is 1. The number of benzene rings is 1. The molecular weight excluding hydrogens is 344 g/mol. The summed E-state index contributed by atoms with van der Waals surface area (Å²) >= 11 is 3.52. The number of aromatic nitrogens is 2. The molecule has 0 radical (unpaired) electrons. The van der Waals surface area contributed by atoms with E-state index in [1.807, 2.05) is 17.0 Å². The van der Waals surface area contributed by atoms with E-state index in [0.29, 0.717) is 11.8 Å². The van der Waals surface area contributed by atoms with Crippen molar-refractivity contribution in [1.29, 1.82) is 0 Å². The molecule has 2 heterocycles. The van der Waals surface area contributed by atoms with Gasteiger partial charge in [0.05, 0.1) is 5.52 Å². The molecule has 0 spiro atoms. The minimum atomic E-state index is 0.308. The van der Waals surface area contributed by atoms with Crippen molar-refractivity contribution in [2.24, 2.45) is 5.92 Å². The smallest absolute Gasteiger partial charge is 0.225 e. The van der Waals surface area contributed by atoms with Gasteiger partial charge in [0.15, 0.2) is 0 Å². The lowest BCUT2D eigenvalue weighted by atomic mass is 10.2. The van der Waals surface area contributed by atoms with Gasteiger partial charge in [-0.2, -0.15) is 0 Å². The molecule has 0 atom stereocenters. The Hall–Kier alpha value is -1.69. The zero-order valence-corrected chi connectivity index (χ0v) is 13.8. The molecule has 1 aromatic heterocycles. The van der Waals surface area contributed by atoms with Gasteiger partial charge in [0.25, 0.3) is 0 Å². The van der Waals surface area contributed by atoms with Gasteiger partial charge in [-0.05, 0) is 31.0 Å². The molecule has 4 rings (SSSR count). The Labute approximate surface area is 137 Å². The summed E-state index contributed by atoms with van der Waals surface area (Å²) in [5.41, 5.74) is 0.949. The quantitative estimate of drug-likeness (QED) is 0.825. The molecule has 0 unspecified atom stereocenters. The van der Waals surface area contributed by atoms with Gasteiger partial charge < -0.3 is 9.80 Å². The summed E-state index contributed by atoms with van der Waals surface area (Å²) in [7, 11) is 0. The molecule has 1 saturated heterocycles. The van der Waals surface area contributed by atoms with Crippen LogP contribution in [-0.2, 0) is 4.79 Å². The molecule has 2 aromatic rings. The fourth-order valence-corrected chi connectivity index (χ4v) is 3.36. The molecule has 2 aliphatic rings. The fraction of sp³-hybridized carbons (Fsp3) is 0.438. The van der Waals surface area contributed by atoms with Gasteiger partial charge in [-0.25, -0.2) is 9.97 Å². The van der Waals surface area contributed by atoms with Crippen molar-refractivity contribution in [3.63, 3.8) is 0 Å². The third kappa shape index (κ3) is 2.56. The van der Waals surface area contributed by atoms with E-state index in [4.69, 9.17) is 0 Å². The minimum absolute atomic E-state index is 0.308. The van der Waals surface area contributed by atoms with Gasteiger partial charge >= 0.3 is 0 Å². The van der Waals surface area contributed by atoms with E-state index in [1.165, 1.54) is 0 Å². The molecular formula is C16H17BrN4O. The van der Waals surface area contributed by atoms with E-state index in [2.05, 4.69) is 36.9 Å². The SMILES string of the molecule is O=C(C1CC1)N1CCN(c2ncnc3ccc(Br)cc23)CC1. The molecule has 1 aromatic carbocycles. The highest BCUT2D eigenvalue weighted by molar-refractivity contribution is 9.10. The Morgan fingerprint density at radius 2 is 1.91 bits per heavy atom. The minimum Gasteiger partial charge on any atom is -0.352 e. The summed E-state index contributed by atoms with van der Waals surface area (Å²) in [6.45, 7) is 3.23. The predicted molar refractivity (Wildman–Crippen MR) is 88.8 cm³/mol. The Kier molecular flexibility index (Phi) is 3.48. The lowest BCUT2D eigenvalue weighted by Gasteiger charge is -2.35. The summed E-state index contributed by atoms with van der Waals surface area (Å²) in [6.07, 6.45) is 3.76. The first kappa shape index (κ1) is 13.9. The highest BCUT2D eigenvalue weighted by Crippen LogP contribution is 2.32. The van der Waals surface area contributed by atoms with Crippen LogP contribution in [0.1, 0.15) is 12.8 Å². The van der Waals surface area contributed by atoms with Crippen LogP contribution in [0.4, 0.5) is 5.82 Å². The molecule has 2 fully saturated rings. The van der Waals surface area contributed by atoms with Gasteiger partial charge in [-0.15, -0.1) is 0 Å². The van der Waals surface area contributed by atoms with E-state index >= 15 is 0 Å². The van der Waals surface area contributed by atoms with Crippen molar-refractivity contribution in [3.05, 3.63) is 29.0 Å². The van der Waals surface area contributed by atoms with Gasteiger partial charge in [0.2, 0.25) is 5.91 Å². The molecule has 114 valence electrons. The van der Waals surface area contributed by atoms with Crippen molar-refractivity contribution in [2.45, 2.75) is 12.8 Å². The summed E-state index contributed by atoms with van der Waals surface area (Å²) < 4.78 is 1.03. The van der Waals surface area contributed by atoms with Crippen LogP contribution in [0, 0.1) is 5.92 Å². The summed E-state index contributed by atoms with van der Waals surface area (Å²) in [5, 5.41) is 1.05. The van der Waals surface area contributed by atoms with Crippen molar-refractivity contribution >= 4 is 38.6 Å². The van der Waals surface area contributed by atoms with Crippen LogP contribution in [0.5, 0.6) is 0 Å². The van der Waals surface area contributed by atoms with E-state index in [-0.39, 0.29) is 0 Å². The predicted octanol–water partition coefficient (Wildman–Crippen LogP) is 2.45. The van der Waals surface area contributed by atoms with E-state index < -0.39 is 0 Å². The number of rotatable bonds is 2. The Morgan fingerprint density at radius 1 is 1.14 bits per heavy atom. The maximum Gasteiger partial charge on any atom is 0.225 e. The average Bonchev–Trinajstić information content (AvgIpc) is 3.39. The maximum atomic E-state index is 12.1. The van der Waals surface area contributed by atoms with Crippen LogP contribution in [0.25, 0.3) is 10.9 Å². The van der Waals surface area contributed by atoms with Crippen LogP contribution < -0.4 is 4.90 Å². The lowest BCUT2D eigenvalue weighted by molar-refractivity contribution is -0.132. The monoisotopic (exact) mass is 360 g/mol. The van der Waals surface area contributed by atoms with Gasteiger partial charge in [-0.1, -0.05) is 15.9 Å². The first-order chi connectivity index (χ1) is 10.7. The highest BCUT2D eigenvalue weighted by atomic mass is 79.9. The molecule has 5 nitrogen and oxygen atoms in total. The number of hydrogen-bond acceptors (Lipinski definition) is 4. The second-order valence-electron chi connectivity index (χ2n) is 5.95. The number of hydrogen-bond donors (Lipinski definition) is 0. The molecule has 6 heteroatoms. The second-order valence-corrected chi connectivity index (χ2v) is 6.86. The number of carbonyl (C=O) groups is 1. The molecule has 1 aliphatic heterocycles. The molecule has 1 saturated carbocycles. The van der Waals surface area contributed by atoms with Crippen molar-refractivity contribution in [1.82, 2.24) is 14.9 Å². The highest BCUT2D eigenvalue weighted by Gasteiger charge is 2.34. The van der Waals surface area contributed by atoms with Crippen molar-refractivity contribution in [3.8, 4) is 0 Å².